The van der Waals surface area contributed by atoms with Crippen LogP contribution in [0, 0.1) is 5.92 Å². The van der Waals surface area contributed by atoms with E-state index in [9.17, 15) is 14.4 Å². The molecule has 142 valence electrons. The average Bonchev–Trinajstić information content (AvgIpc) is 2.61. The van der Waals surface area contributed by atoms with E-state index in [2.05, 4.69) is 9.97 Å². The highest BCUT2D eigenvalue weighted by molar-refractivity contribution is 6.33. The summed E-state index contributed by atoms with van der Waals surface area (Å²) in [6, 6.07) is 0. The fourth-order valence-electron chi connectivity index (χ4n) is 2.74. The molecule has 1 saturated heterocycles. The van der Waals surface area contributed by atoms with Crippen LogP contribution in [0.25, 0.3) is 0 Å². The molecule has 1 N–H and O–H groups in total. The number of halogens is 1. The van der Waals surface area contributed by atoms with Gasteiger partial charge in [-0.05, 0) is 12.8 Å². The first-order valence-corrected chi connectivity index (χ1v) is 8.87. The number of hydrogen-bond acceptors (Lipinski definition) is 5. The zero-order valence-corrected chi connectivity index (χ0v) is 15.9. The second-order valence-corrected chi connectivity index (χ2v) is 7.14. The molecule has 0 aliphatic carbocycles. The fourth-order valence-corrected chi connectivity index (χ4v) is 2.91. The smallest absolute Gasteiger partial charge is 0.306 e. The molecule has 0 spiro atoms. The average molecular weight is 383 g/mol. The summed E-state index contributed by atoms with van der Waals surface area (Å²) in [5.41, 5.74) is 0.0743. The number of hydrogen-bond donors (Lipinski definition) is 1. The number of likely N-dealkylation sites (tertiary alicyclic amines) is 1. The lowest BCUT2D eigenvalue weighted by molar-refractivity contribution is -0.145. The van der Waals surface area contributed by atoms with Gasteiger partial charge in [-0.1, -0.05) is 25.4 Å². The molecule has 0 aromatic carbocycles. The Bertz CT molecular complexity index is 702. The molecule has 1 aliphatic heterocycles. The van der Waals surface area contributed by atoms with Gasteiger partial charge < -0.3 is 14.9 Å². The molecule has 0 radical (unpaired) electrons. The lowest BCUT2D eigenvalue weighted by atomic mass is 9.97. The molecule has 26 heavy (non-hydrogen) atoms. The maximum atomic E-state index is 12.6. The van der Waals surface area contributed by atoms with E-state index in [1.807, 2.05) is 13.8 Å². The van der Waals surface area contributed by atoms with Gasteiger partial charge in [0.2, 0.25) is 5.91 Å². The monoisotopic (exact) mass is 382 g/mol. The van der Waals surface area contributed by atoms with E-state index in [1.54, 1.807) is 4.90 Å². The van der Waals surface area contributed by atoms with Crippen LogP contribution in [0.1, 0.15) is 48.9 Å². The lowest BCUT2D eigenvalue weighted by Crippen LogP contribution is -2.45. The minimum absolute atomic E-state index is 0.0429. The summed E-state index contributed by atoms with van der Waals surface area (Å²) >= 11 is 6.05. The van der Waals surface area contributed by atoms with Gasteiger partial charge in [0.1, 0.15) is 5.82 Å². The molecular formula is C17H23ClN4O4. The molecule has 1 aromatic heterocycles. The Morgan fingerprint density at radius 2 is 1.96 bits per heavy atom. The summed E-state index contributed by atoms with van der Waals surface area (Å²) in [6.45, 7) is 4.46. The van der Waals surface area contributed by atoms with Gasteiger partial charge in [-0.3, -0.25) is 14.4 Å². The highest BCUT2D eigenvalue weighted by Gasteiger charge is 2.28. The minimum atomic E-state index is -0.830. The third-order valence-electron chi connectivity index (χ3n) is 4.40. The van der Waals surface area contributed by atoms with Gasteiger partial charge in [0, 0.05) is 26.1 Å². The summed E-state index contributed by atoms with van der Waals surface area (Å²) in [7, 11) is 1.51. The Balaban J connectivity index is 2.00. The number of piperidine rings is 1. The number of rotatable bonds is 5. The summed E-state index contributed by atoms with van der Waals surface area (Å²) in [5, 5.41) is 9.15. The van der Waals surface area contributed by atoms with Crippen LogP contribution in [0.2, 0.25) is 5.02 Å². The number of aromatic nitrogens is 2. The molecule has 1 aliphatic rings. The summed E-state index contributed by atoms with van der Waals surface area (Å²) in [5.74, 6) is -1.36. The standard InChI is InChI=1S/C17H23ClN4O4/c1-10(2)15-19-8-12(18)14(20-15)16(24)21(3)9-13(23)22-6-4-11(5-7-22)17(25)26/h8,10-11H,4-7,9H2,1-3H3,(H,25,26). The van der Waals surface area contributed by atoms with Crippen molar-refractivity contribution < 1.29 is 19.5 Å². The summed E-state index contributed by atoms with van der Waals surface area (Å²) in [6.07, 6.45) is 2.24. The number of carboxylic acids is 1. The maximum Gasteiger partial charge on any atom is 0.306 e. The van der Waals surface area contributed by atoms with Gasteiger partial charge in [-0.15, -0.1) is 0 Å². The Labute approximate surface area is 157 Å². The third-order valence-corrected chi connectivity index (χ3v) is 4.67. The number of carbonyl (C=O) groups is 3. The molecule has 9 heteroatoms. The van der Waals surface area contributed by atoms with Gasteiger partial charge >= 0.3 is 5.97 Å². The van der Waals surface area contributed by atoms with Crippen molar-refractivity contribution in [2.45, 2.75) is 32.6 Å². The molecule has 0 saturated carbocycles. The summed E-state index contributed by atoms with van der Waals surface area (Å²) in [4.78, 5) is 47.2. The van der Waals surface area contributed by atoms with Crippen molar-refractivity contribution in [3.8, 4) is 0 Å². The van der Waals surface area contributed by atoms with E-state index in [-0.39, 0.29) is 29.1 Å². The number of carboxylic acid groups (broad SMARTS) is 1. The molecule has 2 amide bonds. The SMILES string of the molecule is CC(C)c1ncc(Cl)c(C(=O)N(C)CC(=O)N2CCC(C(=O)O)CC2)n1. The molecule has 0 bridgehead atoms. The second-order valence-electron chi connectivity index (χ2n) is 6.73. The van der Waals surface area contributed by atoms with Gasteiger partial charge in [0.15, 0.2) is 5.69 Å². The van der Waals surface area contributed by atoms with E-state index in [1.165, 1.54) is 18.1 Å². The van der Waals surface area contributed by atoms with Crippen LogP contribution in [0.3, 0.4) is 0 Å². The zero-order valence-electron chi connectivity index (χ0n) is 15.1. The Morgan fingerprint density at radius 3 is 2.50 bits per heavy atom. The van der Waals surface area contributed by atoms with E-state index in [0.717, 1.165) is 0 Å². The van der Waals surface area contributed by atoms with Gasteiger partial charge in [0.25, 0.3) is 5.91 Å². The zero-order chi connectivity index (χ0) is 19.4. The molecule has 2 rings (SSSR count). The van der Waals surface area contributed by atoms with Crippen molar-refractivity contribution in [1.82, 2.24) is 19.8 Å². The van der Waals surface area contributed by atoms with E-state index in [4.69, 9.17) is 16.7 Å². The minimum Gasteiger partial charge on any atom is -0.481 e. The van der Waals surface area contributed by atoms with Crippen LogP contribution in [-0.4, -0.2) is 69.3 Å². The predicted molar refractivity (Wildman–Crippen MR) is 95.0 cm³/mol. The van der Waals surface area contributed by atoms with Crippen molar-refractivity contribution in [2.24, 2.45) is 5.92 Å². The quantitative estimate of drug-likeness (QED) is 0.830. The third kappa shape index (κ3) is 4.69. The molecule has 1 fully saturated rings. The van der Waals surface area contributed by atoms with Crippen molar-refractivity contribution in [1.29, 1.82) is 0 Å². The summed E-state index contributed by atoms with van der Waals surface area (Å²) < 4.78 is 0. The molecule has 8 nitrogen and oxygen atoms in total. The number of aliphatic carboxylic acids is 1. The normalized spacial score (nSPS) is 15.2. The van der Waals surface area contributed by atoms with Gasteiger partial charge in [-0.2, -0.15) is 0 Å². The van der Waals surface area contributed by atoms with Crippen molar-refractivity contribution in [3.05, 3.63) is 22.7 Å². The first-order chi connectivity index (χ1) is 12.2. The molecule has 0 atom stereocenters. The maximum absolute atomic E-state index is 12.6. The van der Waals surface area contributed by atoms with Crippen LogP contribution in [0.4, 0.5) is 0 Å². The fraction of sp³-hybridized carbons (Fsp3) is 0.588. The highest BCUT2D eigenvalue weighted by atomic mass is 35.5. The number of nitrogens with zero attached hydrogens (tertiary/aromatic N) is 4. The predicted octanol–water partition coefficient (Wildman–Crippen LogP) is 1.65. The van der Waals surface area contributed by atoms with Crippen LogP contribution in [0.15, 0.2) is 6.20 Å². The lowest BCUT2D eigenvalue weighted by Gasteiger charge is -2.31. The largest absolute Gasteiger partial charge is 0.481 e. The van der Waals surface area contributed by atoms with Crippen molar-refractivity contribution in [3.63, 3.8) is 0 Å². The van der Waals surface area contributed by atoms with Crippen LogP contribution >= 0.6 is 11.6 Å². The van der Waals surface area contributed by atoms with Gasteiger partial charge in [-0.25, -0.2) is 9.97 Å². The van der Waals surface area contributed by atoms with E-state index in [0.29, 0.717) is 31.8 Å². The Hall–Kier alpha value is -2.22. The first-order valence-electron chi connectivity index (χ1n) is 8.49. The number of amides is 2. The van der Waals surface area contributed by atoms with Crippen molar-refractivity contribution >= 4 is 29.4 Å². The molecule has 2 heterocycles. The van der Waals surface area contributed by atoms with Crippen LogP contribution in [0.5, 0.6) is 0 Å². The van der Waals surface area contributed by atoms with Crippen LogP contribution < -0.4 is 0 Å². The Kier molecular flexibility index (Phi) is 6.52. The van der Waals surface area contributed by atoms with Crippen LogP contribution in [-0.2, 0) is 9.59 Å². The topological polar surface area (TPSA) is 104 Å². The highest BCUT2D eigenvalue weighted by Crippen LogP contribution is 2.19. The van der Waals surface area contributed by atoms with Gasteiger partial charge in [0.05, 0.1) is 23.7 Å². The molecule has 0 unspecified atom stereocenters. The molecular weight excluding hydrogens is 360 g/mol. The van der Waals surface area contributed by atoms with Crippen molar-refractivity contribution in [2.75, 3.05) is 26.7 Å². The Morgan fingerprint density at radius 1 is 1.35 bits per heavy atom. The first kappa shape index (κ1) is 20.1. The molecule has 1 aromatic rings. The number of likely N-dealkylation sites (N-methyl/N-ethyl adjacent to an activating group) is 1. The number of carbonyl (C=O) groups excluding carboxylic acids is 2. The second kappa shape index (κ2) is 8.44. The van der Waals surface area contributed by atoms with E-state index < -0.39 is 17.8 Å². The van der Waals surface area contributed by atoms with E-state index >= 15 is 0 Å².